The Hall–Kier alpha value is -4.68. The van der Waals surface area contributed by atoms with E-state index >= 15 is 0 Å². The number of aromatic amines is 2. The number of nitrogens with zero attached hydrogens (tertiary/aromatic N) is 4. The van der Waals surface area contributed by atoms with E-state index in [-0.39, 0.29) is 0 Å². The van der Waals surface area contributed by atoms with Crippen LogP contribution < -0.4 is 9.47 Å². The zero-order chi connectivity index (χ0) is 32.1. The van der Waals surface area contributed by atoms with Gasteiger partial charge in [-0.05, 0) is 45.3 Å². The summed E-state index contributed by atoms with van der Waals surface area (Å²) in [4.78, 5) is 63.5. The number of ether oxygens (including phenoxy) is 2. The normalized spacial score (nSPS) is 15.9. The predicted octanol–water partition coefficient (Wildman–Crippen LogP) is 2.66. The van der Waals surface area contributed by atoms with Gasteiger partial charge >= 0.3 is 0 Å². The van der Waals surface area contributed by atoms with Crippen LogP contribution in [0.4, 0.5) is 0 Å². The van der Waals surface area contributed by atoms with Crippen molar-refractivity contribution < 1.29 is 28.7 Å². The lowest BCUT2D eigenvalue weighted by Crippen LogP contribution is -2.49. The van der Waals surface area contributed by atoms with Gasteiger partial charge in [-0.2, -0.15) is 0 Å². The van der Waals surface area contributed by atoms with Crippen LogP contribution in [0.1, 0.15) is 27.6 Å². The van der Waals surface area contributed by atoms with E-state index in [9.17, 15) is 19.2 Å². The van der Waals surface area contributed by atoms with Crippen molar-refractivity contribution in [2.24, 2.45) is 0 Å². The minimum atomic E-state index is -0.457. The largest absolute Gasteiger partial charge is 0.497 e. The highest BCUT2D eigenvalue weighted by Gasteiger charge is 2.29. The molecule has 4 aromatic rings. The molecule has 0 spiro atoms. The summed E-state index contributed by atoms with van der Waals surface area (Å²) in [6, 6.07) is 10.9. The number of hydrogen-bond acceptors (Lipinski definition) is 8. The van der Waals surface area contributed by atoms with Crippen molar-refractivity contribution in [3.05, 3.63) is 59.9 Å². The number of hydrogen-bond donors (Lipinski definition) is 2. The molecule has 0 aliphatic carbocycles. The second-order valence-electron chi connectivity index (χ2n) is 11.3. The van der Waals surface area contributed by atoms with Gasteiger partial charge < -0.3 is 39.0 Å². The van der Waals surface area contributed by atoms with Gasteiger partial charge in [0.15, 0.2) is 0 Å². The minimum absolute atomic E-state index is 0.418. The van der Waals surface area contributed by atoms with Crippen molar-refractivity contribution in [2.75, 3.05) is 80.2 Å². The molecule has 6 rings (SSSR count). The van der Waals surface area contributed by atoms with Crippen molar-refractivity contribution in [2.45, 2.75) is 6.92 Å². The Labute approximate surface area is 261 Å². The van der Waals surface area contributed by atoms with Crippen LogP contribution in [0.5, 0.6) is 11.5 Å². The number of benzene rings is 2. The molecule has 12 nitrogen and oxygen atoms in total. The third kappa shape index (κ3) is 7.02. The summed E-state index contributed by atoms with van der Waals surface area (Å²) >= 11 is 0. The van der Waals surface area contributed by atoms with Crippen molar-refractivity contribution in [1.82, 2.24) is 29.6 Å². The molecule has 2 aromatic carbocycles. The van der Waals surface area contributed by atoms with Gasteiger partial charge in [0.25, 0.3) is 23.4 Å². The summed E-state index contributed by atoms with van der Waals surface area (Å²) < 4.78 is 10.6. The molecule has 45 heavy (non-hydrogen) atoms. The molecule has 4 heterocycles. The number of piperazine rings is 2. The molecule has 0 unspecified atom stereocenters. The van der Waals surface area contributed by atoms with Gasteiger partial charge in [0, 0.05) is 98.7 Å². The number of amides is 2. The highest BCUT2D eigenvalue weighted by atomic mass is 16.5. The number of rotatable bonds is 7. The summed E-state index contributed by atoms with van der Waals surface area (Å²) in [5, 5.41) is 1.49. The number of H-pyrrole nitrogens is 2. The van der Waals surface area contributed by atoms with E-state index in [0.29, 0.717) is 49.7 Å². The van der Waals surface area contributed by atoms with Crippen LogP contribution in [0.15, 0.2) is 48.8 Å². The maximum absolute atomic E-state index is 12.6. The van der Waals surface area contributed by atoms with Crippen LogP contribution >= 0.6 is 0 Å². The molecule has 2 aliphatic rings. The number of carbonyl (C=O) groups is 4. The smallest absolute Gasteiger partial charge is 0.295 e. The van der Waals surface area contributed by atoms with Crippen molar-refractivity contribution in [3.63, 3.8) is 0 Å². The van der Waals surface area contributed by atoms with Gasteiger partial charge in [-0.3, -0.25) is 19.2 Å². The summed E-state index contributed by atoms with van der Waals surface area (Å²) in [5.41, 5.74) is 2.42. The van der Waals surface area contributed by atoms with Crippen molar-refractivity contribution in [1.29, 1.82) is 0 Å². The first kappa shape index (κ1) is 31.7. The molecule has 2 aromatic heterocycles. The van der Waals surface area contributed by atoms with Crippen molar-refractivity contribution in [3.8, 4) is 11.5 Å². The number of ketones is 2. The lowest BCUT2D eigenvalue weighted by Gasteiger charge is -2.31. The summed E-state index contributed by atoms with van der Waals surface area (Å²) in [5.74, 6) is -0.311. The fraction of sp³-hybridized carbons (Fsp3) is 0.394. The van der Waals surface area contributed by atoms with E-state index in [2.05, 4.69) is 19.8 Å². The number of carbonyl (C=O) groups excluding carboxylic acids is 4. The van der Waals surface area contributed by atoms with Crippen LogP contribution in [0, 0.1) is 0 Å². The molecule has 0 atom stereocenters. The third-order valence-corrected chi connectivity index (χ3v) is 8.31. The molecule has 238 valence electrons. The van der Waals surface area contributed by atoms with Crippen LogP contribution in [0.2, 0.25) is 0 Å². The highest BCUT2D eigenvalue weighted by molar-refractivity contribution is 6.45. The van der Waals surface area contributed by atoms with E-state index in [0.717, 1.165) is 53.7 Å². The first-order valence-corrected chi connectivity index (χ1v) is 15.1. The number of aromatic nitrogens is 2. The van der Waals surface area contributed by atoms with Crippen molar-refractivity contribution >= 4 is 45.2 Å². The molecule has 2 saturated heterocycles. The fourth-order valence-electron chi connectivity index (χ4n) is 5.51. The van der Waals surface area contributed by atoms with Gasteiger partial charge in [-0.25, -0.2) is 0 Å². The Kier molecular flexibility index (Phi) is 9.84. The number of fused-ring (bicyclic) bond motifs is 2. The zero-order valence-electron chi connectivity index (χ0n) is 26.2. The van der Waals surface area contributed by atoms with E-state index in [4.69, 9.17) is 9.47 Å². The Morgan fingerprint density at radius 3 is 1.51 bits per heavy atom. The summed E-state index contributed by atoms with van der Waals surface area (Å²) in [6.45, 7) is 8.07. The molecule has 2 fully saturated rings. The van der Waals surface area contributed by atoms with Crippen LogP contribution in [0.25, 0.3) is 21.8 Å². The number of Topliss-reactive ketones (excluding diaryl/α,β-unsaturated/α-hetero) is 2. The van der Waals surface area contributed by atoms with Gasteiger partial charge in [-0.15, -0.1) is 0 Å². The topological polar surface area (TPSA) is 131 Å². The standard InChI is InChI=1S/C17H21N3O3.C16H19N3O3/c1-3-23-12-4-5-13-14(11-18-15(13)10-12)16(21)17(22)20-8-6-19(2)7-9-20;1-18-5-7-19(8-6-18)16(21)15(20)13-10-17-14-9-11(22-2)3-4-12(13)14/h4-5,10-11,18H,3,6-9H2,1-2H3;3-4,9-10,17H,5-8H2,1-2H3. The summed E-state index contributed by atoms with van der Waals surface area (Å²) in [6.07, 6.45) is 3.21. The molecule has 0 saturated carbocycles. The molecule has 2 aliphatic heterocycles. The minimum Gasteiger partial charge on any atom is -0.497 e. The maximum Gasteiger partial charge on any atom is 0.295 e. The van der Waals surface area contributed by atoms with E-state index in [1.54, 1.807) is 41.4 Å². The molecule has 2 amide bonds. The monoisotopic (exact) mass is 616 g/mol. The lowest BCUT2D eigenvalue weighted by molar-refractivity contribution is -0.128. The number of likely N-dealkylation sites (N-methyl/N-ethyl adjacent to an activating group) is 2. The van der Waals surface area contributed by atoms with Crippen LogP contribution in [-0.2, 0) is 9.59 Å². The second kappa shape index (κ2) is 14.0. The Balaban J connectivity index is 0.000000178. The average Bonchev–Trinajstić information content (AvgIpc) is 3.68. The molecule has 2 N–H and O–H groups in total. The second-order valence-corrected chi connectivity index (χ2v) is 11.3. The predicted molar refractivity (Wildman–Crippen MR) is 171 cm³/mol. The number of methoxy groups -OCH3 is 1. The zero-order valence-corrected chi connectivity index (χ0v) is 26.2. The van der Waals surface area contributed by atoms with Gasteiger partial charge in [0.1, 0.15) is 11.5 Å². The van der Waals surface area contributed by atoms with E-state index < -0.39 is 23.4 Å². The van der Waals surface area contributed by atoms with Gasteiger partial charge in [0.05, 0.1) is 24.8 Å². The Morgan fingerprint density at radius 1 is 0.667 bits per heavy atom. The average molecular weight is 617 g/mol. The summed E-state index contributed by atoms with van der Waals surface area (Å²) in [7, 11) is 5.61. The Bertz CT molecular complexity index is 1690. The molecule has 12 heteroatoms. The van der Waals surface area contributed by atoms with Crippen LogP contribution in [0.3, 0.4) is 0 Å². The quantitative estimate of drug-likeness (QED) is 0.240. The number of nitrogens with one attached hydrogen (secondary N) is 2. The van der Waals surface area contributed by atoms with E-state index in [1.807, 2.05) is 45.3 Å². The lowest BCUT2D eigenvalue weighted by atomic mass is 10.1. The SMILES string of the molecule is CCOc1ccc2c(C(=O)C(=O)N3CCN(C)CC3)c[nH]c2c1.COc1ccc2c(C(=O)C(=O)N3CCN(C)CC3)c[nH]c2c1. The van der Waals surface area contributed by atoms with Crippen LogP contribution in [-0.4, -0.2) is 133 Å². The Morgan fingerprint density at radius 2 is 1.09 bits per heavy atom. The molecular formula is C33H40N6O6. The molecule has 0 bridgehead atoms. The fourth-order valence-corrected chi connectivity index (χ4v) is 5.51. The van der Waals surface area contributed by atoms with Gasteiger partial charge in [0.2, 0.25) is 0 Å². The van der Waals surface area contributed by atoms with Gasteiger partial charge in [-0.1, -0.05) is 0 Å². The molecular weight excluding hydrogens is 576 g/mol. The van der Waals surface area contributed by atoms with E-state index in [1.165, 1.54) is 0 Å². The molecule has 0 radical (unpaired) electrons. The maximum atomic E-state index is 12.6. The first-order valence-electron chi connectivity index (χ1n) is 15.1. The highest BCUT2D eigenvalue weighted by Crippen LogP contribution is 2.25. The third-order valence-electron chi connectivity index (χ3n) is 8.31. The first-order chi connectivity index (χ1) is 21.7.